The lowest BCUT2D eigenvalue weighted by Gasteiger charge is -2.15. The minimum atomic E-state index is -0.713. The number of pyridine rings is 1. The number of carbonyl (C=O) groups excluding carboxylic acids is 2. The number of anilines is 1. The Hall–Kier alpha value is -2.71. The fraction of sp³-hybridized carbons (Fsp3) is 0.429. The van der Waals surface area contributed by atoms with Crippen molar-refractivity contribution in [2.24, 2.45) is 0 Å². The molecule has 0 N–H and O–H groups in total. The van der Waals surface area contributed by atoms with Crippen molar-refractivity contribution < 1.29 is 14.0 Å². The van der Waals surface area contributed by atoms with Gasteiger partial charge in [-0.3, -0.25) is 9.59 Å². The summed E-state index contributed by atoms with van der Waals surface area (Å²) in [5.74, 6) is -1.15. The van der Waals surface area contributed by atoms with Gasteiger partial charge in [-0.25, -0.2) is 18.3 Å². The van der Waals surface area contributed by atoms with E-state index in [0.29, 0.717) is 25.1 Å². The van der Waals surface area contributed by atoms with Crippen LogP contribution in [0.4, 0.5) is 10.1 Å². The predicted molar refractivity (Wildman–Crippen MR) is 79.7 cm³/mol. The van der Waals surface area contributed by atoms with Crippen molar-refractivity contribution in [2.75, 3.05) is 25.5 Å². The molecule has 1 saturated heterocycles. The highest BCUT2D eigenvalue weighted by atomic mass is 19.1. The molecule has 3 rings (SSSR count). The van der Waals surface area contributed by atoms with Crippen molar-refractivity contribution in [3.05, 3.63) is 28.6 Å². The topological polar surface area (TPSA) is 79.9 Å². The first kappa shape index (κ1) is 15.2. The van der Waals surface area contributed by atoms with E-state index < -0.39 is 11.5 Å². The Bertz CT molecular complexity index is 854. The second-order valence-electron chi connectivity index (χ2n) is 5.62. The molecule has 9 heteroatoms. The molecule has 2 amide bonds. The summed E-state index contributed by atoms with van der Waals surface area (Å²) in [5, 5.41) is 3.86. The smallest absolute Gasteiger partial charge is 0.347 e. The highest BCUT2D eigenvalue weighted by Gasteiger charge is 2.24. The number of halogens is 1. The second-order valence-corrected chi connectivity index (χ2v) is 5.62. The second kappa shape index (κ2) is 5.49. The van der Waals surface area contributed by atoms with Crippen LogP contribution in [-0.2, 0) is 16.1 Å². The van der Waals surface area contributed by atoms with Gasteiger partial charge in [0.05, 0.1) is 5.69 Å². The molecule has 0 aromatic carbocycles. The first-order valence-electron chi connectivity index (χ1n) is 7.17. The highest BCUT2D eigenvalue weighted by molar-refractivity contribution is 5.95. The van der Waals surface area contributed by atoms with Crippen LogP contribution >= 0.6 is 0 Å². The number of hydrogen-bond donors (Lipinski definition) is 0. The summed E-state index contributed by atoms with van der Waals surface area (Å²) in [4.78, 5) is 38.6. The Morgan fingerprint density at radius 3 is 2.74 bits per heavy atom. The fourth-order valence-electron chi connectivity index (χ4n) is 2.50. The Morgan fingerprint density at radius 1 is 1.39 bits per heavy atom. The highest BCUT2D eigenvalue weighted by Crippen LogP contribution is 2.22. The van der Waals surface area contributed by atoms with E-state index in [9.17, 15) is 18.8 Å². The molecule has 3 heterocycles. The standard InChI is InChI=1S/C14H16FN5O3/c1-17(2)12(22)8-20-14(23)19-7-9(6-10(15)13(19)16-20)18-5-3-4-11(18)21/h6-7H,3-5,8H2,1-2H3. The van der Waals surface area contributed by atoms with Crippen molar-refractivity contribution in [1.29, 1.82) is 0 Å². The Kier molecular flexibility index (Phi) is 3.63. The molecular formula is C14H16FN5O3. The summed E-state index contributed by atoms with van der Waals surface area (Å²) < 4.78 is 16.2. The molecule has 1 aliphatic heterocycles. The van der Waals surface area contributed by atoms with Crippen LogP contribution in [0.3, 0.4) is 0 Å². The average molecular weight is 321 g/mol. The molecule has 0 atom stereocenters. The van der Waals surface area contributed by atoms with Crippen molar-refractivity contribution in [3.8, 4) is 0 Å². The van der Waals surface area contributed by atoms with E-state index >= 15 is 0 Å². The third kappa shape index (κ3) is 2.58. The molecule has 0 radical (unpaired) electrons. The van der Waals surface area contributed by atoms with Gasteiger partial charge >= 0.3 is 5.69 Å². The largest absolute Gasteiger partial charge is 0.350 e. The Labute approximate surface area is 130 Å². The van der Waals surface area contributed by atoms with Crippen LogP contribution < -0.4 is 10.6 Å². The Morgan fingerprint density at radius 2 is 2.13 bits per heavy atom. The summed E-state index contributed by atoms with van der Waals surface area (Å²) >= 11 is 0. The molecule has 2 aromatic heterocycles. The SMILES string of the molecule is CN(C)C(=O)Cn1nc2c(F)cc(N3CCCC3=O)cn2c1=O. The van der Waals surface area contributed by atoms with Gasteiger partial charge in [-0.05, 0) is 6.42 Å². The monoisotopic (exact) mass is 321 g/mol. The van der Waals surface area contributed by atoms with E-state index in [1.54, 1.807) is 14.1 Å². The zero-order chi connectivity index (χ0) is 16.7. The number of carbonyl (C=O) groups is 2. The lowest BCUT2D eigenvalue weighted by Crippen LogP contribution is -2.32. The summed E-state index contributed by atoms with van der Waals surface area (Å²) in [6.07, 6.45) is 2.49. The number of rotatable bonds is 3. The van der Waals surface area contributed by atoms with Gasteiger partial charge in [-0.1, -0.05) is 0 Å². The lowest BCUT2D eigenvalue weighted by atomic mass is 10.3. The molecule has 1 aliphatic rings. The molecule has 0 spiro atoms. The van der Waals surface area contributed by atoms with Crippen molar-refractivity contribution in [2.45, 2.75) is 19.4 Å². The predicted octanol–water partition coefficient (Wildman–Crippen LogP) is -0.150. The van der Waals surface area contributed by atoms with Crippen LogP contribution in [-0.4, -0.2) is 51.5 Å². The fourth-order valence-corrected chi connectivity index (χ4v) is 2.50. The van der Waals surface area contributed by atoms with E-state index in [-0.39, 0.29) is 24.0 Å². The van der Waals surface area contributed by atoms with Gasteiger partial charge in [0.25, 0.3) is 0 Å². The lowest BCUT2D eigenvalue weighted by molar-refractivity contribution is -0.129. The normalized spacial score (nSPS) is 14.7. The molecule has 8 nitrogen and oxygen atoms in total. The zero-order valence-corrected chi connectivity index (χ0v) is 12.8. The van der Waals surface area contributed by atoms with Gasteiger partial charge < -0.3 is 9.80 Å². The molecule has 0 unspecified atom stereocenters. The van der Waals surface area contributed by atoms with Crippen LogP contribution in [0.15, 0.2) is 17.1 Å². The maximum absolute atomic E-state index is 14.2. The van der Waals surface area contributed by atoms with Gasteiger partial charge in [0.1, 0.15) is 6.54 Å². The van der Waals surface area contributed by atoms with E-state index in [4.69, 9.17) is 0 Å². The van der Waals surface area contributed by atoms with Crippen LogP contribution in [0.1, 0.15) is 12.8 Å². The maximum atomic E-state index is 14.2. The molecule has 1 fully saturated rings. The van der Waals surface area contributed by atoms with Crippen LogP contribution in [0.25, 0.3) is 5.65 Å². The number of hydrogen-bond acceptors (Lipinski definition) is 4. The van der Waals surface area contributed by atoms with Gasteiger partial charge in [0, 0.05) is 39.3 Å². The molecule has 0 bridgehead atoms. The number of amides is 2. The molecule has 2 aromatic rings. The van der Waals surface area contributed by atoms with Crippen molar-refractivity contribution in [3.63, 3.8) is 0 Å². The maximum Gasteiger partial charge on any atom is 0.350 e. The van der Waals surface area contributed by atoms with E-state index in [0.717, 1.165) is 9.08 Å². The van der Waals surface area contributed by atoms with E-state index in [2.05, 4.69) is 5.10 Å². The number of aromatic nitrogens is 3. The van der Waals surface area contributed by atoms with Gasteiger partial charge in [0.2, 0.25) is 11.8 Å². The Balaban J connectivity index is 2.06. The number of fused-ring (bicyclic) bond motifs is 1. The van der Waals surface area contributed by atoms with Gasteiger partial charge in [0.15, 0.2) is 11.5 Å². The van der Waals surface area contributed by atoms with Crippen LogP contribution in [0, 0.1) is 5.82 Å². The molecular weight excluding hydrogens is 305 g/mol. The summed E-state index contributed by atoms with van der Waals surface area (Å²) in [6, 6.07) is 1.18. The quantitative estimate of drug-likeness (QED) is 0.787. The van der Waals surface area contributed by atoms with Gasteiger partial charge in [-0.15, -0.1) is 5.10 Å². The minimum Gasteiger partial charge on any atom is -0.347 e. The third-order valence-electron chi connectivity index (χ3n) is 3.79. The van der Waals surface area contributed by atoms with E-state index in [1.807, 2.05) is 0 Å². The molecule has 0 saturated carbocycles. The van der Waals surface area contributed by atoms with Crippen LogP contribution in [0.5, 0.6) is 0 Å². The summed E-state index contributed by atoms with van der Waals surface area (Å²) in [7, 11) is 3.11. The average Bonchev–Trinajstić information content (AvgIpc) is 3.05. The van der Waals surface area contributed by atoms with Crippen molar-refractivity contribution >= 4 is 23.1 Å². The van der Waals surface area contributed by atoms with Gasteiger partial charge in [-0.2, -0.15) is 0 Å². The minimum absolute atomic E-state index is 0.105. The molecule has 0 aliphatic carbocycles. The summed E-state index contributed by atoms with van der Waals surface area (Å²) in [6.45, 7) is 0.219. The first-order valence-corrected chi connectivity index (χ1v) is 7.17. The molecule has 23 heavy (non-hydrogen) atoms. The van der Waals surface area contributed by atoms with Crippen LogP contribution in [0.2, 0.25) is 0 Å². The van der Waals surface area contributed by atoms with E-state index in [1.165, 1.54) is 22.1 Å². The zero-order valence-electron chi connectivity index (χ0n) is 12.8. The summed E-state index contributed by atoms with van der Waals surface area (Å²) in [5.41, 5.74) is -0.474. The number of likely N-dealkylation sites (N-methyl/N-ethyl adjacent to an activating group) is 1. The molecule has 122 valence electrons. The third-order valence-corrected chi connectivity index (χ3v) is 3.79. The van der Waals surface area contributed by atoms with Crippen molar-refractivity contribution in [1.82, 2.24) is 19.1 Å². The first-order chi connectivity index (χ1) is 10.9. The number of nitrogens with zero attached hydrogens (tertiary/aromatic N) is 5.